The molecule has 2 aliphatic heterocycles. The number of ether oxygens (including phenoxy) is 2. The molecular formula is C31H32ClFN2O4. The predicted molar refractivity (Wildman–Crippen MR) is 151 cm³/mol. The minimum Gasteiger partial charge on any atom is -0.505 e. The summed E-state index contributed by atoms with van der Waals surface area (Å²) in [6, 6.07) is 15.7. The van der Waals surface area contributed by atoms with Gasteiger partial charge in [-0.15, -0.1) is 0 Å². The van der Waals surface area contributed by atoms with E-state index in [9.17, 15) is 9.90 Å². The first kappa shape index (κ1) is 27.0. The smallest absolute Gasteiger partial charge is 0.250 e. The minimum absolute atomic E-state index is 0.153. The van der Waals surface area contributed by atoms with E-state index in [1.165, 1.54) is 12.5 Å². The minimum atomic E-state index is -0.768. The van der Waals surface area contributed by atoms with E-state index >= 15 is 4.39 Å². The van der Waals surface area contributed by atoms with Crippen LogP contribution in [0.3, 0.4) is 0 Å². The number of nitrogens with two attached hydrogens (primary N) is 1. The van der Waals surface area contributed by atoms with Gasteiger partial charge in [-0.05, 0) is 85.8 Å². The zero-order valence-electron chi connectivity index (χ0n) is 22.2. The average Bonchev–Trinajstić information content (AvgIpc) is 3.36. The Hall–Kier alpha value is -3.55. The molecule has 0 aliphatic carbocycles. The second-order valence-corrected chi connectivity index (χ2v) is 10.9. The average molecular weight is 551 g/mol. The molecule has 2 heterocycles. The van der Waals surface area contributed by atoms with Crippen molar-refractivity contribution in [2.24, 2.45) is 11.7 Å². The molecule has 1 saturated heterocycles. The lowest BCUT2D eigenvalue weighted by Crippen LogP contribution is -2.35. The van der Waals surface area contributed by atoms with Crippen LogP contribution >= 0.6 is 11.6 Å². The molecule has 0 spiro atoms. The summed E-state index contributed by atoms with van der Waals surface area (Å²) in [6.07, 6.45) is 0.596. The third-order valence-electron chi connectivity index (χ3n) is 7.66. The van der Waals surface area contributed by atoms with Crippen molar-refractivity contribution in [3.8, 4) is 17.2 Å². The van der Waals surface area contributed by atoms with Crippen molar-refractivity contribution in [2.75, 3.05) is 19.7 Å². The maximum atomic E-state index is 15.1. The molecular weight excluding hydrogens is 519 g/mol. The molecule has 3 aromatic rings. The second-order valence-electron chi connectivity index (χ2n) is 10.5. The summed E-state index contributed by atoms with van der Waals surface area (Å²) in [5.74, 6) is -0.130. The van der Waals surface area contributed by atoms with E-state index in [1.807, 2.05) is 24.3 Å². The number of allylic oxidation sites excluding steroid dienone is 1. The first-order valence-corrected chi connectivity index (χ1v) is 13.5. The van der Waals surface area contributed by atoms with Crippen LogP contribution in [0, 0.1) is 11.7 Å². The summed E-state index contributed by atoms with van der Waals surface area (Å²) in [7, 11) is 0. The quantitative estimate of drug-likeness (QED) is 0.353. The number of carbonyl (C=O) groups is 1. The number of aromatic hydroxyl groups is 1. The number of nitrogens with zero attached hydrogens (tertiary/aromatic N) is 1. The lowest BCUT2D eigenvalue weighted by Gasteiger charge is -2.31. The number of phenolic OH excluding ortho intramolecular Hbond substituents is 1. The number of fused-ring (bicyclic) bond motifs is 1. The second kappa shape index (κ2) is 10.9. The van der Waals surface area contributed by atoms with Gasteiger partial charge in [0.05, 0.1) is 16.1 Å². The Balaban J connectivity index is 1.48. The highest BCUT2D eigenvalue weighted by Gasteiger charge is 2.32. The van der Waals surface area contributed by atoms with Gasteiger partial charge >= 0.3 is 0 Å². The number of carbonyl (C=O) groups excluding carboxylic acids is 1. The molecule has 39 heavy (non-hydrogen) atoms. The molecule has 6 nitrogen and oxygen atoms in total. The van der Waals surface area contributed by atoms with Crippen molar-refractivity contribution in [1.29, 1.82) is 0 Å². The van der Waals surface area contributed by atoms with Gasteiger partial charge in [0.25, 0.3) is 0 Å². The Morgan fingerprint density at radius 3 is 2.64 bits per heavy atom. The summed E-state index contributed by atoms with van der Waals surface area (Å²) in [4.78, 5) is 14.5. The van der Waals surface area contributed by atoms with Crippen LogP contribution < -0.4 is 15.2 Å². The molecule has 3 N–H and O–H groups in total. The number of hydrogen-bond acceptors (Lipinski definition) is 5. The molecule has 204 valence electrons. The van der Waals surface area contributed by atoms with E-state index in [2.05, 4.69) is 18.7 Å². The third-order valence-corrected chi connectivity index (χ3v) is 7.99. The number of halogens is 2. The van der Waals surface area contributed by atoms with E-state index in [4.69, 9.17) is 26.8 Å². The van der Waals surface area contributed by atoms with Crippen LogP contribution in [0.4, 0.5) is 4.39 Å². The Morgan fingerprint density at radius 1 is 1.23 bits per heavy atom. The fraction of sp³-hybridized carbons (Fsp3) is 0.323. The first-order chi connectivity index (χ1) is 18.6. The van der Waals surface area contributed by atoms with Gasteiger partial charge in [-0.2, -0.15) is 0 Å². The van der Waals surface area contributed by atoms with Gasteiger partial charge in [-0.1, -0.05) is 36.7 Å². The highest BCUT2D eigenvalue weighted by Crippen LogP contribution is 2.49. The van der Waals surface area contributed by atoms with Gasteiger partial charge in [-0.25, -0.2) is 4.39 Å². The molecule has 0 saturated carbocycles. The van der Waals surface area contributed by atoms with Gasteiger partial charge in [0.2, 0.25) is 5.91 Å². The maximum Gasteiger partial charge on any atom is 0.250 e. The number of hydrogen-bond donors (Lipinski definition) is 2. The summed E-state index contributed by atoms with van der Waals surface area (Å²) in [6.45, 7) is 9.01. The summed E-state index contributed by atoms with van der Waals surface area (Å²) >= 11 is 6.21. The fourth-order valence-corrected chi connectivity index (χ4v) is 5.64. The lowest BCUT2D eigenvalue weighted by molar-refractivity contribution is 0.100. The summed E-state index contributed by atoms with van der Waals surface area (Å²) < 4.78 is 27.5. The van der Waals surface area contributed by atoms with E-state index in [1.54, 1.807) is 31.2 Å². The summed E-state index contributed by atoms with van der Waals surface area (Å²) in [5, 5.41) is 10.3. The van der Waals surface area contributed by atoms with Crippen LogP contribution in [-0.2, 0) is 0 Å². The van der Waals surface area contributed by atoms with Crippen LogP contribution in [0.15, 0.2) is 54.6 Å². The molecule has 1 amide bonds. The molecule has 0 aromatic heterocycles. The number of primary amides is 1. The zero-order chi connectivity index (χ0) is 27.8. The maximum absolute atomic E-state index is 15.1. The lowest BCUT2D eigenvalue weighted by atomic mass is 9.85. The van der Waals surface area contributed by atoms with Crippen molar-refractivity contribution < 1.29 is 23.8 Å². The monoisotopic (exact) mass is 550 g/mol. The molecule has 1 unspecified atom stereocenters. The van der Waals surface area contributed by atoms with Gasteiger partial charge in [0.15, 0.2) is 11.6 Å². The molecule has 0 radical (unpaired) electrons. The molecule has 1 fully saturated rings. The van der Waals surface area contributed by atoms with Crippen molar-refractivity contribution in [1.82, 2.24) is 4.90 Å². The number of rotatable bonds is 7. The topological polar surface area (TPSA) is 85.0 Å². The predicted octanol–water partition coefficient (Wildman–Crippen LogP) is 6.46. The van der Waals surface area contributed by atoms with Crippen LogP contribution in [0.5, 0.6) is 17.2 Å². The van der Waals surface area contributed by atoms with E-state index in [0.717, 1.165) is 30.3 Å². The van der Waals surface area contributed by atoms with Gasteiger partial charge in [0, 0.05) is 18.2 Å². The van der Waals surface area contributed by atoms with Crippen LogP contribution in [0.25, 0.3) is 11.1 Å². The third kappa shape index (κ3) is 5.34. The van der Waals surface area contributed by atoms with Gasteiger partial charge in [-0.3, -0.25) is 9.69 Å². The van der Waals surface area contributed by atoms with E-state index < -0.39 is 23.6 Å². The standard InChI is InChI=1S/C31H32ClFN2O4/c1-17-12-13-35(15-17)18(2)16-38-22-7-4-20(5-8-22)30-27(21-6-9-24(32)23(14-21)31(34)37)19(3)28-26(39-30)11-10-25(36)29(28)33/h4-11,14,17-18,30,36H,12-13,15-16H2,1-3H3,(H2,34,37)/t17-,18+,30?/m1/s1. The molecule has 0 bridgehead atoms. The number of amides is 1. The largest absolute Gasteiger partial charge is 0.505 e. The fourth-order valence-electron chi connectivity index (χ4n) is 5.43. The van der Waals surface area contributed by atoms with E-state index in [0.29, 0.717) is 35.1 Å². The van der Waals surface area contributed by atoms with Crippen molar-refractivity contribution in [2.45, 2.75) is 39.3 Å². The van der Waals surface area contributed by atoms with Crippen molar-refractivity contribution >= 4 is 28.7 Å². The van der Waals surface area contributed by atoms with Crippen LogP contribution in [0.1, 0.15) is 60.3 Å². The SMILES string of the molecule is CC1=C(c2ccc(Cl)c(C(N)=O)c2)C(c2ccc(OC[C@H](C)N3CC[C@@H](C)C3)cc2)Oc2ccc(O)c(F)c21. The van der Waals surface area contributed by atoms with E-state index in [-0.39, 0.29) is 16.1 Å². The Morgan fingerprint density at radius 2 is 1.97 bits per heavy atom. The zero-order valence-corrected chi connectivity index (χ0v) is 23.0. The normalized spacial score (nSPS) is 19.9. The molecule has 3 aromatic carbocycles. The number of phenols is 1. The Kier molecular flexibility index (Phi) is 7.56. The Labute approximate surface area is 232 Å². The van der Waals surface area contributed by atoms with Crippen molar-refractivity contribution in [3.05, 3.63) is 87.7 Å². The Bertz CT molecular complexity index is 1440. The summed E-state index contributed by atoms with van der Waals surface area (Å²) in [5.41, 5.74) is 8.50. The molecule has 8 heteroatoms. The first-order valence-electron chi connectivity index (χ1n) is 13.1. The van der Waals surface area contributed by atoms with Crippen molar-refractivity contribution in [3.63, 3.8) is 0 Å². The van der Waals surface area contributed by atoms with Crippen LogP contribution in [-0.4, -0.2) is 41.7 Å². The number of benzene rings is 3. The highest BCUT2D eigenvalue weighted by molar-refractivity contribution is 6.33. The molecule has 2 aliphatic rings. The van der Waals surface area contributed by atoms with Gasteiger partial charge < -0.3 is 20.3 Å². The molecule has 5 rings (SSSR count). The van der Waals surface area contributed by atoms with Gasteiger partial charge in [0.1, 0.15) is 24.2 Å². The van der Waals surface area contributed by atoms with Crippen LogP contribution in [0.2, 0.25) is 5.02 Å². The molecule has 3 atom stereocenters. The number of likely N-dealkylation sites (tertiary alicyclic amines) is 1. The highest BCUT2D eigenvalue weighted by atomic mass is 35.5.